The van der Waals surface area contributed by atoms with Crippen LogP contribution >= 0.6 is 0 Å². The third kappa shape index (κ3) is 6.86. The van der Waals surface area contributed by atoms with Gasteiger partial charge in [-0.2, -0.15) is 13.2 Å². The van der Waals surface area contributed by atoms with E-state index in [0.29, 0.717) is 11.3 Å². The van der Waals surface area contributed by atoms with Gasteiger partial charge in [-0.25, -0.2) is 18.6 Å². The number of carbonyl (C=O) groups is 3. The first kappa shape index (κ1) is 29.2. The number of rotatable bonds is 8. The highest BCUT2D eigenvalue weighted by Gasteiger charge is 2.47. The van der Waals surface area contributed by atoms with Crippen LogP contribution in [-0.2, 0) is 11.3 Å². The van der Waals surface area contributed by atoms with E-state index in [4.69, 9.17) is 4.52 Å². The quantitative estimate of drug-likeness (QED) is 0.407. The van der Waals surface area contributed by atoms with Crippen LogP contribution in [0.1, 0.15) is 67.1 Å². The van der Waals surface area contributed by atoms with Crippen molar-refractivity contribution in [2.24, 2.45) is 5.92 Å². The Morgan fingerprint density at radius 3 is 2.58 bits per heavy atom. The Morgan fingerprint density at radius 2 is 1.95 bits per heavy atom. The summed E-state index contributed by atoms with van der Waals surface area (Å²) >= 11 is 0. The average molecular weight is 573 g/mol. The number of urea groups is 1. The van der Waals surface area contributed by atoms with Crippen molar-refractivity contribution in [1.29, 1.82) is 0 Å². The van der Waals surface area contributed by atoms with Crippen LogP contribution in [0.3, 0.4) is 0 Å². The van der Waals surface area contributed by atoms with E-state index in [1.165, 1.54) is 18.3 Å². The summed E-state index contributed by atoms with van der Waals surface area (Å²) in [6.07, 6.45) is -3.03. The van der Waals surface area contributed by atoms with Gasteiger partial charge in [0.1, 0.15) is 29.7 Å². The van der Waals surface area contributed by atoms with Gasteiger partial charge in [-0.1, -0.05) is 19.0 Å². The highest BCUT2D eigenvalue weighted by Crippen LogP contribution is 2.38. The molecule has 0 aromatic carbocycles. The van der Waals surface area contributed by atoms with Crippen molar-refractivity contribution in [3.05, 3.63) is 41.4 Å². The molecule has 2 aromatic heterocycles. The fourth-order valence-electron chi connectivity index (χ4n) is 4.82. The lowest BCUT2D eigenvalue weighted by molar-refractivity contribution is -0.149. The summed E-state index contributed by atoms with van der Waals surface area (Å²) < 4.78 is 71.6. The molecule has 3 heterocycles. The minimum absolute atomic E-state index is 0.00997. The summed E-state index contributed by atoms with van der Waals surface area (Å²) in [7, 11) is 0. The summed E-state index contributed by atoms with van der Waals surface area (Å²) in [5.41, 5.74) is 0.891. The van der Waals surface area contributed by atoms with Crippen LogP contribution in [0.2, 0.25) is 0 Å². The average Bonchev–Trinajstić information content (AvgIpc) is 3.50. The van der Waals surface area contributed by atoms with Gasteiger partial charge in [0.15, 0.2) is 0 Å². The number of pyridine rings is 1. The number of nitrogens with one attached hydrogen (secondary N) is 3. The molecule has 40 heavy (non-hydrogen) atoms. The maximum atomic E-state index is 13.8. The Kier molecular flexibility index (Phi) is 8.30. The molecule has 218 valence electrons. The zero-order valence-corrected chi connectivity index (χ0v) is 21.7. The van der Waals surface area contributed by atoms with E-state index >= 15 is 0 Å². The molecular weight excluding hydrogens is 543 g/mol. The summed E-state index contributed by atoms with van der Waals surface area (Å²) in [6, 6.07) is -1.20. The molecule has 2 atom stereocenters. The molecule has 2 fully saturated rings. The number of anilines is 1. The highest BCUT2D eigenvalue weighted by atomic mass is 19.4. The Hall–Kier alpha value is -3.78. The van der Waals surface area contributed by atoms with Gasteiger partial charge >= 0.3 is 12.2 Å². The zero-order valence-electron chi connectivity index (χ0n) is 21.7. The van der Waals surface area contributed by atoms with Crippen molar-refractivity contribution in [2.75, 3.05) is 11.9 Å². The third-order valence-corrected chi connectivity index (χ3v) is 7.02. The van der Waals surface area contributed by atoms with E-state index in [9.17, 15) is 36.3 Å². The number of hydrogen-bond acceptors (Lipinski definition) is 6. The van der Waals surface area contributed by atoms with Crippen LogP contribution in [0.4, 0.5) is 32.6 Å². The molecular formula is C25H29F5N6O4. The second kappa shape index (κ2) is 11.4. The van der Waals surface area contributed by atoms with Gasteiger partial charge in [-0.05, 0) is 42.4 Å². The Balaban J connectivity index is 1.48. The lowest BCUT2D eigenvalue weighted by Crippen LogP contribution is -2.50. The Morgan fingerprint density at radius 1 is 1.25 bits per heavy atom. The molecule has 4 rings (SSSR count). The van der Waals surface area contributed by atoms with E-state index in [1.54, 1.807) is 13.8 Å². The SMILES string of the molecule is CC(C)c1nocc1C(=O)N[C@H](C(=O)Nc1cc(CN2C[C@@H](C(F)(F)F)NC2=O)ccn1)C1CCC(F)(F)CC1. The van der Waals surface area contributed by atoms with Crippen molar-refractivity contribution in [3.63, 3.8) is 0 Å². The molecule has 2 aliphatic rings. The zero-order chi connectivity index (χ0) is 29.2. The van der Waals surface area contributed by atoms with Crippen LogP contribution in [-0.4, -0.2) is 63.6 Å². The summed E-state index contributed by atoms with van der Waals surface area (Å²) in [4.78, 5) is 43.5. The predicted octanol–water partition coefficient (Wildman–Crippen LogP) is 4.21. The molecule has 15 heteroatoms. The maximum Gasteiger partial charge on any atom is 0.410 e. The van der Waals surface area contributed by atoms with E-state index < -0.39 is 67.3 Å². The first-order valence-electron chi connectivity index (χ1n) is 12.7. The summed E-state index contributed by atoms with van der Waals surface area (Å²) in [5, 5.41) is 10.9. The largest absolute Gasteiger partial charge is 0.410 e. The minimum atomic E-state index is -4.59. The molecule has 0 spiro atoms. The standard InChI is InChI=1S/C25H29F5N6O4/c1-13(2)19-16(12-40-35-19)21(37)34-20(15-3-6-24(26,27)7-4-15)22(38)33-18-9-14(5-8-31-18)10-36-11-17(25(28,29)30)32-23(36)39/h5,8-9,12-13,15,17,20H,3-4,6-7,10-11H2,1-2H3,(H,32,39)(H,34,37)(H,31,33,38)/t17-,20-/m0/s1. The van der Waals surface area contributed by atoms with Crippen LogP contribution in [0.5, 0.6) is 0 Å². The molecule has 0 radical (unpaired) electrons. The monoisotopic (exact) mass is 572 g/mol. The van der Waals surface area contributed by atoms with Crippen LogP contribution in [0, 0.1) is 5.92 Å². The number of hydrogen-bond donors (Lipinski definition) is 3. The van der Waals surface area contributed by atoms with Crippen LogP contribution < -0.4 is 16.0 Å². The van der Waals surface area contributed by atoms with Gasteiger partial charge in [0.2, 0.25) is 11.8 Å². The maximum absolute atomic E-state index is 13.8. The first-order valence-corrected chi connectivity index (χ1v) is 12.7. The number of alkyl halides is 5. The lowest BCUT2D eigenvalue weighted by Gasteiger charge is -2.33. The van der Waals surface area contributed by atoms with E-state index in [2.05, 4.69) is 20.8 Å². The first-order chi connectivity index (χ1) is 18.7. The van der Waals surface area contributed by atoms with Crippen molar-refractivity contribution in [2.45, 2.75) is 76.2 Å². The number of halogens is 5. The molecule has 1 aliphatic heterocycles. The normalized spacial score (nSPS) is 20.4. The number of amides is 4. The molecule has 3 N–H and O–H groups in total. The second-order valence-corrected chi connectivity index (χ2v) is 10.4. The third-order valence-electron chi connectivity index (χ3n) is 7.02. The molecule has 1 saturated heterocycles. The summed E-state index contributed by atoms with van der Waals surface area (Å²) in [6.45, 7) is 2.85. The van der Waals surface area contributed by atoms with Gasteiger partial charge in [-0.15, -0.1) is 0 Å². The molecule has 0 unspecified atom stereocenters. The molecule has 2 aromatic rings. The minimum Gasteiger partial charge on any atom is -0.364 e. The number of aromatic nitrogens is 2. The van der Waals surface area contributed by atoms with E-state index in [0.717, 1.165) is 11.2 Å². The van der Waals surface area contributed by atoms with Gasteiger partial charge < -0.3 is 25.4 Å². The number of nitrogens with zero attached hydrogens (tertiary/aromatic N) is 3. The second-order valence-electron chi connectivity index (χ2n) is 10.4. The van der Waals surface area contributed by atoms with Gasteiger partial charge in [0.05, 0.1) is 12.2 Å². The van der Waals surface area contributed by atoms with Crippen molar-refractivity contribution in [3.8, 4) is 0 Å². The predicted molar refractivity (Wildman–Crippen MR) is 130 cm³/mol. The number of carbonyl (C=O) groups excluding carboxylic acids is 3. The van der Waals surface area contributed by atoms with E-state index in [-0.39, 0.29) is 36.7 Å². The topological polar surface area (TPSA) is 129 Å². The van der Waals surface area contributed by atoms with Gasteiger partial charge in [0, 0.05) is 25.6 Å². The fraction of sp³-hybridized carbons (Fsp3) is 0.560. The van der Waals surface area contributed by atoms with Crippen molar-refractivity contribution < 1.29 is 40.9 Å². The Labute approximate surface area is 226 Å². The smallest absolute Gasteiger partial charge is 0.364 e. The molecule has 1 saturated carbocycles. The Bertz CT molecular complexity index is 1240. The lowest BCUT2D eigenvalue weighted by atomic mass is 9.81. The molecule has 4 amide bonds. The van der Waals surface area contributed by atoms with Crippen molar-refractivity contribution in [1.82, 2.24) is 25.7 Å². The van der Waals surface area contributed by atoms with Gasteiger partial charge in [-0.3, -0.25) is 9.59 Å². The van der Waals surface area contributed by atoms with E-state index in [1.807, 2.05) is 5.32 Å². The summed E-state index contributed by atoms with van der Waals surface area (Å²) in [5.74, 6) is -4.94. The van der Waals surface area contributed by atoms with Gasteiger partial charge in [0.25, 0.3) is 5.91 Å². The van der Waals surface area contributed by atoms with Crippen molar-refractivity contribution >= 4 is 23.7 Å². The van der Waals surface area contributed by atoms with Crippen LogP contribution in [0.25, 0.3) is 0 Å². The molecule has 10 nitrogen and oxygen atoms in total. The fourth-order valence-corrected chi connectivity index (χ4v) is 4.82. The van der Waals surface area contributed by atoms with Crippen LogP contribution in [0.15, 0.2) is 29.1 Å². The molecule has 0 bridgehead atoms. The highest BCUT2D eigenvalue weighted by molar-refractivity contribution is 6.01. The molecule has 1 aliphatic carbocycles.